The summed E-state index contributed by atoms with van der Waals surface area (Å²) in [4.78, 5) is 14.0. The van der Waals surface area contributed by atoms with Gasteiger partial charge in [-0.3, -0.25) is 0 Å². The predicted molar refractivity (Wildman–Crippen MR) is 87.8 cm³/mol. The molecule has 23 heavy (non-hydrogen) atoms. The molecule has 0 spiro atoms. The summed E-state index contributed by atoms with van der Waals surface area (Å²) in [6, 6.07) is 5.46. The van der Waals surface area contributed by atoms with E-state index >= 15 is 0 Å². The van der Waals surface area contributed by atoms with E-state index in [0.29, 0.717) is 37.1 Å². The minimum atomic E-state index is -3.49. The summed E-state index contributed by atoms with van der Waals surface area (Å²) in [5.74, 6) is 0. The molecular formula is C16H23N3O3S. The highest BCUT2D eigenvalue weighted by Gasteiger charge is 2.32. The van der Waals surface area contributed by atoms with Crippen molar-refractivity contribution in [2.45, 2.75) is 37.6 Å². The highest BCUT2D eigenvalue weighted by molar-refractivity contribution is 7.89. The number of rotatable bonds is 3. The molecule has 1 heterocycles. The molecule has 1 aromatic carbocycles. The summed E-state index contributed by atoms with van der Waals surface area (Å²) >= 11 is 0. The molecule has 7 heteroatoms. The third-order valence-corrected chi connectivity index (χ3v) is 6.44. The molecule has 0 unspecified atom stereocenters. The number of amides is 2. The molecule has 1 N–H and O–H groups in total. The number of hydrogen-bond donors (Lipinski definition) is 1. The van der Waals surface area contributed by atoms with E-state index in [4.69, 9.17) is 0 Å². The Hall–Kier alpha value is -1.60. The van der Waals surface area contributed by atoms with Gasteiger partial charge in [0.1, 0.15) is 0 Å². The number of nitrogens with one attached hydrogen (secondary N) is 1. The van der Waals surface area contributed by atoms with E-state index in [1.807, 2.05) is 19.9 Å². The van der Waals surface area contributed by atoms with E-state index in [9.17, 15) is 13.2 Å². The molecule has 1 aliphatic carbocycles. The first-order valence-electron chi connectivity index (χ1n) is 8.01. The van der Waals surface area contributed by atoms with Crippen LogP contribution >= 0.6 is 0 Å². The Morgan fingerprint density at radius 3 is 2.30 bits per heavy atom. The van der Waals surface area contributed by atoms with Gasteiger partial charge in [-0.1, -0.05) is 6.07 Å². The number of carbonyl (C=O) groups is 1. The van der Waals surface area contributed by atoms with Gasteiger partial charge in [-0.05, 0) is 49.9 Å². The lowest BCUT2D eigenvalue weighted by atomic mass is 10.1. The van der Waals surface area contributed by atoms with Crippen LogP contribution in [0.3, 0.4) is 0 Å². The monoisotopic (exact) mass is 337 g/mol. The van der Waals surface area contributed by atoms with Gasteiger partial charge >= 0.3 is 6.03 Å². The summed E-state index contributed by atoms with van der Waals surface area (Å²) in [5, 5.41) is 2.94. The van der Waals surface area contributed by atoms with Crippen LogP contribution in [0, 0.1) is 13.8 Å². The maximum Gasteiger partial charge on any atom is 0.317 e. The molecule has 1 saturated heterocycles. The summed E-state index contributed by atoms with van der Waals surface area (Å²) in [6.45, 7) is 5.42. The number of sulfonamides is 1. The van der Waals surface area contributed by atoms with Gasteiger partial charge in [-0.15, -0.1) is 0 Å². The van der Waals surface area contributed by atoms with E-state index in [2.05, 4.69) is 5.32 Å². The normalized spacial score (nSPS) is 19.7. The highest BCUT2D eigenvalue weighted by Crippen LogP contribution is 2.21. The van der Waals surface area contributed by atoms with Crippen molar-refractivity contribution in [1.29, 1.82) is 0 Å². The summed E-state index contributed by atoms with van der Waals surface area (Å²) in [5.41, 5.74) is 2.04. The molecule has 0 radical (unpaired) electrons. The number of urea groups is 1. The van der Waals surface area contributed by atoms with E-state index in [-0.39, 0.29) is 6.03 Å². The second kappa shape index (κ2) is 6.13. The molecule has 0 bridgehead atoms. The van der Waals surface area contributed by atoms with Gasteiger partial charge in [0, 0.05) is 32.2 Å². The molecule has 126 valence electrons. The van der Waals surface area contributed by atoms with Crippen molar-refractivity contribution < 1.29 is 13.2 Å². The first-order valence-corrected chi connectivity index (χ1v) is 9.45. The maximum atomic E-state index is 12.7. The van der Waals surface area contributed by atoms with Crippen molar-refractivity contribution in [1.82, 2.24) is 14.5 Å². The zero-order chi connectivity index (χ0) is 16.6. The van der Waals surface area contributed by atoms with E-state index < -0.39 is 10.0 Å². The Kier molecular flexibility index (Phi) is 4.33. The molecule has 2 aliphatic rings. The number of carbonyl (C=O) groups excluding carboxylic acids is 1. The summed E-state index contributed by atoms with van der Waals surface area (Å²) in [7, 11) is -3.49. The van der Waals surface area contributed by atoms with Crippen LogP contribution in [-0.2, 0) is 10.0 Å². The fourth-order valence-corrected chi connectivity index (χ4v) is 4.16. The van der Waals surface area contributed by atoms with E-state index in [1.54, 1.807) is 17.0 Å². The molecular weight excluding hydrogens is 314 g/mol. The molecule has 1 saturated carbocycles. The Morgan fingerprint density at radius 2 is 1.74 bits per heavy atom. The van der Waals surface area contributed by atoms with Crippen LogP contribution in [0.5, 0.6) is 0 Å². The Morgan fingerprint density at radius 1 is 1.09 bits per heavy atom. The highest BCUT2D eigenvalue weighted by atomic mass is 32.2. The SMILES string of the molecule is Cc1ccc(S(=O)(=O)N2CCN(C(=O)NC3CC3)CC2)cc1C. The first-order chi connectivity index (χ1) is 10.9. The van der Waals surface area contributed by atoms with Gasteiger partial charge in [0.2, 0.25) is 10.0 Å². The molecule has 3 rings (SSSR count). The van der Waals surface area contributed by atoms with Crippen molar-refractivity contribution in [2.24, 2.45) is 0 Å². The Bertz CT molecular complexity index is 705. The van der Waals surface area contributed by atoms with Crippen LogP contribution in [-0.4, -0.2) is 55.9 Å². The zero-order valence-corrected chi connectivity index (χ0v) is 14.4. The number of aryl methyl sites for hydroxylation is 2. The van der Waals surface area contributed by atoms with Crippen molar-refractivity contribution in [2.75, 3.05) is 26.2 Å². The zero-order valence-electron chi connectivity index (χ0n) is 13.6. The number of nitrogens with zero attached hydrogens (tertiary/aromatic N) is 2. The van der Waals surface area contributed by atoms with Gasteiger partial charge in [-0.2, -0.15) is 4.31 Å². The quantitative estimate of drug-likeness (QED) is 0.908. The second-order valence-electron chi connectivity index (χ2n) is 6.36. The van der Waals surface area contributed by atoms with Crippen LogP contribution in [0.4, 0.5) is 4.79 Å². The third kappa shape index (κ3) is 3.50. The van der Waals surface area contributed by atoms with Crippen LogP contribution < -0.4 is 5.32 Å². The minimum absolute atomic E-state index is 0.0734. The standard InChI is InChI=1S/C16H23N3O3S/c1-12-3-6-15(11-13(12)2)23(21,22)19-9-7-18(8-10-19)16(20)17-14-4-5-14/h3,6,11,14H,4-5,7-10H2,1-2H3,(H,17,20). The second-order valence-corrected chi connectivity index (χ2v) is 8.30. The third-order valence-electron chi connectivity index (χ3n) is 4.55. The number of hydrogen-bond acceptors (Lipinski definition) is 3. The average molecular weight is 337 g/mol. The Labute approximate surface area is 137 Å². The lowest BCUT2D eigenvalue weighted by molar-refractivity contribution is 0.172. The van der Waals surface area contributed by atoms with Crippen molar-refractivity contribution in [3.8, 4) is 0 Å². The summed E-state index contributed by atoms with van der Waals surface area (Å²) < 4.78 is 26.9. The van der Waals surface area contributed by atoms with Gasteiger partial charge < -0.3 is 10.2 Å². The number of benzene rings is 1. The van der Waals surface area contributed by atoms with Gasteiger partial charge in [0.25, 0.3) is 0 Å². The fourth-order valence-electron chi connectivity index (χ4n) is 2.65. The molecule has 0 aromatic heterocycles. The smallest absolute Gasteiger partial charge is 0.317 e. The molecule has 6 nitrogen and oxygen atoms in total. The van der Waals surface area contributed by atoms with Crippen LogP contribution in [0.25, 0.3) is 0 Å². The fraction of sp³-hybridized carbons (Fsp3) is 0.562. The van der Waals surface area contributed by atoms with Gasteiger partial charge in [0.15, 0.2) is 0 Å². The van der Waals surface area contributed by atoms with Crippen LogP contribution in [0.15, 0.2) is 23.1 Å². The lowest BCUT2D eigenvalue weighted by Gasteiger charge is -2.34. The van der Waals surface area contributed by atoms with Crippen molar-refractivity contribution in [3.63, 3.8) is 0 Å². The van der Waals surface area contributed by atoms with E-state index in [1.165, 1.54) is 4.31 Å². The van der Waals surface area contributed by atoms with Crippen molar-refractivity contribution >= 4 is 16.1 Å². The molecule has 0 atom stereocenters. The number of piperazine rings is 1. The molecule has 2 fully saturated rings. The predicted octanol–water partition coefficient (Wildman–Crippen LogP) is 1.48. The molecule has 1 aromatic rings. The first kappa shape index (κ1) is 16.3. The minimum Gasteiger partial charge on any atom is -0.335 e. The maximum absolute atomic E-state index is 12.7. The van der Waals surface area contributed by atoms with Gasteiger partial charge in [-0.25, -0.2) is 13.2 Å². The molecule has 1 aliphatic heterocycles. The summed E-state index contributed by atoms with van der Waals surface area (Å²) in [6.07, 6.45) is 2.10. The van der Waals surface area contributed by atoms with Gasteiger partial charge in [0.05, 0.1) is 4.90 Å². The molecule has 2 amide bonds. The van der Waals surface area contributed by atoms with Crippen LogP contribution in [0.2, 0.25) is 0 Å². The van der Waals surface area contributed by atoms with Crippen molar-refractivity contribution in [3.05, 3.63) is 29.3 Å². The lowest BCUT2D eigenvalue weighted by Crippen LogP contribution is -2.53. The van der Waals surface area contributed by atoms with Crippen LogP contribution in [0.1, 0.15) is 24.0 Å². The van der Waals surface area contributed by atoms with E-state index in [0.717, 1.165) is 24.0 Å². The topological polar surface area (TPSA) is 69.7 Å². The largest absolute Gasteiger partial charge is 0.335 e. The Balaban J connectivity index is 1.65. The average Bonchev–Trinajstić information content (AvgIpc) is 3.34.